The first kappa shape index (κ1) is 16.4. The van der Waals surface area contributed by atoms with Crippen molar-refractivity contribution in [1.82, 2.24) is 0 Å². The number of benzene rings is 1. The molecule has 0 atom stereocenters. The lowest BCUT2D eigenvalue weighted by Gasteiger charge is -2.19. The summed E-state index contributed by atoms with van der Waals surface area (Å²) >= 11 is 0. The van der Waals surface area contributed by atoms with Gasteiger partial charge in [0.25, 0.3) is 0 Å². The van der Waals surface area contributed by atoms with Crippen molar-refractivity contribution in [2.24, 2.45) is 5.73 Å². The molecule has 0 bridgehead atoms. The normalized spacial score (nSPS) is 12.1. The maximum atomic E-state index is 12.0. The minimum Gasteiger partial charge on any atom is -0.384 e. The number of nitrogen functional groups attached to an aromatic ring is 1. The van der Waals surface area contributed by atoms with Crippen molar-refractivity contribution in [3.8, 4) is 0 Å². The second-order valence-electron chi connectivity index (χ2n) is 4.38. The van der Waals surface area contributed by atoms with E-state index in [0.29, 0.717) is 11.3 Å². The minimum absolute atomic E-state index is 0.172. The van der Waals surface area contributed by atoms with Crippen LogP contribution in [0.4, 0.5) is 5.69 Å². The topological polar surface area (TPSA) is 121 Å². The molecule has 0 saturated heterocycles. The van der Waals surface area contributed by atoms with Crippen LogP contribution in [-0.2, 0) is 19.9 Å². The maximum absolute atomic E-state index is 12.0. The number of rotatable bonds is 6. The second kappa shape index (κ2) is 5.80. The zero-order valence-electron chi connectivity index (χ0n) is 11.2. The molecule has 1 rings (SSSR count). The van der Waals surface area contributed by atoms with Crippen LogP contribution < -0.4 is 10.0 Å². The Bertz CT molecular complexity index is 711. The van der Waals surface area contributed by atoms with Gasteiger partial charge >= 0.3 is 0 Å². The molecule has 7 nitrogen and oxygen atoms in total. The van der Waals surface area contributed by atoms with Crippen LogP contribution in [0.5, 0.6) is 0 Å². The molecule has 0 saturated carbocycles. The zero-order valence-corrected chi connectivity index (χ0v) is 12.8. The van der Waals surface area contributed by atoms with E-state index in [9.17, 15) is 16.8 Å². The number of amidine groups is 1. The molecule has 0 aliphatic heterocycles. The number of hydrogen-bond acceptors (Lipinski definition) is 5. The Morgan fingerprint density at radius 3 is 2.35 bits per heavy atom. The van der Waals surface area contributed by atoms with Crippen molar-refractivity contribution in [3.05, 3.63) is 29.8 Å². The molecule has 0 heterocycles. The Morgan fingerprint density at radius 2 is 1.85 bits per heavy atom. The highest BCUT2D eigenvalue weighted by Crippen LogP contribution is 2.18. The first-order valence-electron chi connectivity index (χ1n) is 5.62. The molecule has 0 aliphatic rings. The van der Waals surface area contributed by atoms with Crippen LogP contribution in [0.3, 0.4) is 0 Å². The molecule has 0 aliphatic carbocycles. The average Bonchev–Trinajstić information content (AvgIpc) is 2.35. The van der Waals surface area contributed by atoms with E-state index in [-0.39, 0.29) is 5.84 Å². The third kappa shape index (κ3) is 4.49. The van der Waals surface area contributed by atoms with Gasteiger partial charge < -0.3 is 5.73 Å². The van der Waals surface area contributed by atoms with Crippen LogP contribution in [0.2, 0.25) is 0 Å². The van der Waals surface area contributed by atoms with E-state index in [1.165, 1.54) is 13.1 Å². The van der Waals surface area contributed by atoms with Crippen molar-refractivity contribution in [3.63, 3.8) is 0 Å². The molecule has 0 radical (unpaired) electrons. The first-order chi connectivity index (χ1) is 9.03. The van der Waals surface area contributed by atoms with Gasteiger partial charge in [0.1, 0.15) is 15.7 Å². The molecule has 20 heavy (non-hydrogen) atoms. The Morgan fingerprint density at radius 1 is 1.25 bits per heavy atom. The van der Waals surface area contributed by atoms with Gasteiger partial charge in [-0.25, -0.2) is 16.8 Å². The fourth-order valence-corrected chi connectivity index (χ4v) is 4.19. The molecule has 3 N–H and O–H groups in total. The minimum atomic E-state index is -3.75. The standard InChI is InChI=1S/C11H17N3O4S2/c1-14(20(17,18)7-6-19(2,15)16)10-5-3-4-9(8-10)11(12)13/h3-5,8H,6-7H2,1-2H3,(H3,12,13). The van der Waals surface area contributed by atoms with E-state index in [1.807, 2.05) is 0 Å². The quantitative estimate of drug-likeness (QED) is 0.554. The summed E-state index contributed by atoms with van der Waals surface area (Å²) in [6.45, 7) is 0. The van der Waals surface area contributed by atoms with Gasteiger partial charge in [-0.05, 0) is 12.1 Å². The molecular formula is C11H17N3O4S2. The third-order valence-electron chi connectivity index (χ3n) is 2.65. The summed E-state index contributed by atoms with van der Waals surface area (Å²) in [5.74, 6) is -1.10. The van der Waals surface area contributed by atoms with Crippen LogP contribution in [0.15, 0.2) is 24.3 Å². The highest BCUT2D eigenvalue weighted by Gasteiger charge is 2.21. The SMILES string of the molecule is CN(c1cccc(C(=N)N)c1)S(=O)(=O)CCS(C)(=O)=O. The number of anilines is 1. The van der Waals surface area contributed by atoms with Crippen LogP contribution >= 0.6 is 0 Å². The first-order valence-corrected chi connectivity index (χ1v) is 9.29. The Kier molecular flexibility index (Phi) is 4.77. The predicted molar refractivity (Wildman–Crippen MR) is 79.4 cm³/mol. The van der Waals surface area contributed by atoms with E-state index < -0.39 is 31.4 Å². The van der Waals surface area contributed by atoms with Gasteiger partial charge in [-0.1, -0.05) is 12.1 Å². The molecule has 9 heteroatoms. The number of sulfonamides is 1. The van der Waals surface area contributed by atoms with Gasteiger partial charge in [-0.3, -0.25) is 9.71 Å². The summed E-state index contributed by atoms with van der Waals surface area (Å²) in [4.78, 5) is 0. The summed E-state index contributed by atoms with van der Waals surface area (Å²) in [7, 11) is -5.77. The molecular weight excluding hydrogens is 302 g/mol. The fourth-order valence-electron chi connectivity index (χ4n) is 1.42. The molecule has 0 amide bonds. The van der Waals surface area contributed by atoms with Crippen molar-refractivity contribution in [2.75, 3.05) is 29.1 Å². The lowest BCUT2D eigenvalue weighted by Crippen LogP contribution is -2.32. The smallest absolute Gasteiger partial charge is 0.235 e. The monoisotopic (exact) mass is 319 g/mol. The molecule has 1 aromatic carbocycles. The summed E-state index contributed by atoms with van der Waals surface area (Å²) < 4.78 is 47.2. The molecule has 0 aromatic heterocycles. The second-order valence-corrected chi connectivity index (χ2v) is 8.76. The van der Waals surface area contributed by atoms with Crippen molar-refractivity contribution < 1.29 is 16.8 Å². The van der Waals surface area contributed by atoms with Gasteiger partial charge in [0.2, 0.25) is 10.0 Å². The van der Waals surface area contributed by atoms with Gasteiger partial charge in [0.15, 0.2) is 0 Å². The average molecular weight is 319 g/mol. The summed E-state index contributed by atoms with van der Waals surface area (Å²) in [6, 6.07) is 6.17. The van der Waals surface area contributed by atoms with E-state index >= 15 is 0 Å². The van der Waals surface area contributed by atoms with Gasteiger partial charge in [0, 0.05) is 18.9 Å². The fraction of sp³-hybridized carbons (Fsp3) is 0.364. The molecule has 0 unspecified atom stereocenters. The highest BCUT2D eigenvalue weighted by atomic mass is 32.2. The third-order valence-corrected chi connectivity index (χ3v) is 5.62. The summed E-state index contributed by atoms with van der Waals surface area (Å²) in [5.41, 5.74) is 6.06. The predicted octanol–water partition coefficient (Wildman–Crippen LogP) is -0.219. The largest absolute Gasteiger partial charge is 0.384 e. The number of nitrogens with zero attached hydrogens (tertiary/aromatic N) is 1. The Hall–Kier alpha value is -1.61. The van der Waals surface area contributed by atoms with E-state index in [0.717, 1.165) is 10.6 Å². The van der Waals surface area contributed by atoms with Gasteiger partial charge in [-0.15, -0.1) is 0 Å². The van der Waals surface area contributed by atoms with E-state index in [1.54, 1.807) is 18.2 Å². The number of nitrogens with one attached hydrogen (secondary N) is 1. The maximum Gasteiger partial charge on any atom is 0.235 e. The van der Waals surface area contributed by atoms with Crippen LogP contribution in [0.1, 0.15) is 5.56 Å². The van der Waals surface area contributed by atoms with E-state index in [4.69, 9.17) is 11.1 Å². The van der Waals surface area contributed by atoms with Gasteiger partial charge in [-0.2, -0.15) is 0 Å². The lowest BCUT2D eigenvalue weighted by molar-refractivity contribution is 0.589. The Balaban J connectivity index is 3.02. The molecule has 0 spiro atoms. The van der Waals surface area contributed by atoms with Crippen LogP contribution in [0, 0.1) is 5.41 Å². The highest BCUT2D eigenvalue weighted by molar-refractivity contribution is 7.95. The molecule has 1 aromatic rings. The molecule has 112 valence electrons. The number of hydrogen-bond donors (Lipinski definition) is 2. The van der Waals surface area contributed by atoms with Crippen LogP contribution in [0.25, 0.3) is 0 Å². The van der Waals surface area contributed by atoms with E-state index in [2.05, 4.69) is 0 Å². The van der Waals surface area contributed by atoms with Crippen LogP contribution in [-0.4, -0.2) is 47.5 Å². The number of sulfone groups is 1. The molecule has 0 fully saturated rings. The summed E-state index contributed by atoms with van der Waals surface area (Å²) in [6.07, 6.45) is 0.985. The summed E-state index contributed by atoms with van der Waals surface area (Å²) in [5, 5.41) is 7.32. The number of nitrogens with two attached hydrogens (primary N) is 1. The Labute approximate surface area is 118 Å². The lowest BCUT2D eigenvalue weighted by atomic mass is 10.2. The van der Waals surface area contributed by atoms with Crippen molar-refractivity contribution in [2.45, 2.75) is 0 Å². The van der Waals surface area contributed by atoms with Gasteiger partial charge in [0.05, 0.1) is 17.2 Å². The van der Waals surface area contributed by atoms with Crippen molar-refractivity contribution >= 4 is 31.4 Å². The zero-order chi connectivity index (χ0) is 15.6. The van der Waals surface area contributed by atoms with Crippen molar-refractivity contribution in [1.29, 1.82) is 5.41 Å².